The third-order valence-corrected chi connectivity index (χ3v) is 2.19. The highest BCUT2D eigenvalue weighted by Crippen LogP contribution is 2.27. The van der Waals surface area contributed by atoms with Crippen LogP contribution in [0.4, 0.5) is 0 Å². The summed E-state index contributed by atoms with van der Waals surface area (Å²) < 4.78 is 5.27. The molecule has 64 valence electrons. The molecule has 2 nitrogen and oxygen atoms in total. The molecular formula is C10H12O2. The van der Waals surface area contributed by atoms with E-state index in [1.807, 2.05) is 31.2 Å². The van der Waals surface area contributed by atoms with Crippen LogP contribution in [0.1, 0.15) is 24.3 Å². The molecule has 2 atom stereocenters. The standard InChI is InChI=1S/C10H12O2/c1-7-6-8-4-2-3-5-9(8)10(11)12-7/h2-5,7,10-11H,6H2,1H3. The first-order chi connectivity index (χ1) is 5.77. The molecule has 0 aromatic heterocycles. The van der Waals surface area contributed by atoms with Gasteiger partial charge in [-0.25, -0.2) is 0 Å². The van der Waals surface area contributed by atoms with Crippen LogP contribution in [0, 0.1) is 0 Å². The van der Waals surface area contributed by atoms with Gasteiger partial charge in [0.25, 0.3) is 0 Å². The van der Waals surface area contributed by atoms with Crippen LogP contribution in [0.2, 0.25) is 0 Å². The molecule has 1 aromatic carbocycles. The molecule has 0 radical (unpaired) electrons. The van der Waals surface area contributed by atoms with Gasteiger partial charge in [-0.2, -0.15) is 0 Å². The van der Waals surface area contributed by atoms with Crippen molar-refractivity contribution in [2.45, 2.75) is 25.7 Å². The number of rotatable bonds is 0. The number of hydrogen-bond donors (Lipinski definition) is 1. The summed E-state index contributed by atoms with van der Waals surface area (Å²) in [7, 11) is 0. The second-order valence-corrected chi connectivity index (χ2v) is 3.20. The lowest BCUT2D eigenvalue weighted by atomic mass is 9.99. The number of ether oxygens (including phenoxy) is 1. The molecule has 1 N–H and O–H groups in total. The predicted octanol–water partition coefficient (Wildman–Crippen LogP) is 1.64. The SMILES string of the molecule is CC1Cc2ccccc2C(O)O1. The molecule has 0 aliphatic carbocycles. The van der Waals surface area contributed by atoms with Crippen molar-refractivity contribution < 1.29 is 9.84 Å². The molecule has 0 spiro atoms. The molecule has 1 aliphatic heterocycles. The smallest absolute Gasteiger partial charge is 0.181 e. The van der Waals surface area contributed by atoms with E-state index >= 15 is 0 Å². The molecule has 0 saturated heterocycles. The van der Waals surface area contributed by atoms with Crippen molar-refractivity contribution in [3.05, 3.63) is 35.4 Å². The largest absolute Gasteiger partial charge is 0.364 e. The maximum absolute atomic E-state index is 9.51. The van der Waals surface area contributed by atoms with E-state index in [0.717, 1.165) is 12.0 Å². The number of fused-ring (bicyclic) bond motifs is 1. The highest BCUT2D eigenvalue weighted by Gasteiger charge is 2.21. The Bertz CT molecular complexity index is 283. The quantitative estimate of drug-likeness (QED) is 0.631. The molecular weight excluding hydrogens is 152 g/mol. The van der Waals surface area contributed by atoms with Crippen LogP contribution in [0.25, 0.3) is 0 Å². The van der Waals surface area contributed by atoms with Crippen molar-refractivity contribution >= 4 is 0 Å². The van der Waals surface area contributed by atoms with E-state index in [0.29, 0.717) is 0 Å². The van der Waals surface area contributed by atoms with Gasteiger partial charge in [-0.15, -0.1) is 0 Å². The molecule has 1 heterocycles. The fourth-order valence-electron chi connectivity index (χ4n) is 1.61. The van der Waals surface area contributed by atoms with Crippen LogP contribution in [0.15, 0.2) is 24.3 Å². The molecule has 0 fully saturated rings. The van der Waals surface area contributed by atoms with Crippen molar-refractivity contribution in [1.29, 1.82) is 0 Å². The summed E-state index contributed by atoms with van der Waals surface area (Å²) in [6, 6.07) is 7.86. The summed E-state index contributed by atoms with van der Waals surface area (Å²) in [5, 5.41) is 9.51. The van der Waals surface area contributed by atoms with E-state index in [2.05, 4.69) is 0 Å². The van der Waals surface area contributed by atoms with Gasteiger partial charge in [-0.05, 0) is 18.9 Å². The minimum Gasteiger partial charge on any atom is -0.364 e. The van der Waals surface area contributed by atoms with Crippen LogP contribution < -0.4 is 0 Å². The molecule has 12 heavy (non-hydrogen) atoms. The van der Waals surface area contributed by atoms with Gasteiger partial charge >= 0.3 is 0 Å². The van der Waals surface area contributed by atoms with Crippen molar-refractivity contribution in [2.75, 3.05) is 0 Å². The third-order valence-electron chi connectivity index (χ3n) is 2.19. The minimum absolute atomic E-state index is 0.120. The van der Waals surface area contributed by atoms with Crippen LogP contribution in [0.5, 0.6) is 0 Å². The van der Waals surface area contributed by atoms with Crippen LogP contribution >= 0.6 is 0 Å². The topological polar surface area (TPSA) is 29.5 Å². The van der Waals surface area contributed by atoms with Crippen LogP contribution in [-0.4, -0.2) is 11.2 Å². The Morgan fingerprint density at radius 3 is 3.00 bits per heavy atom. The lowest BCUT2D eigenvalue weighted by Gasteiger charge is -2.26. The Hall–Kier alpha value is -0.860. The summed E-state index contributed by atoms with van der Waals surface area (Å²) in [5.41, 5.74) is 2.11. The number of benzene rings is 1. The van der Waals surface area contributed by atoms with Gasteiger partial charge in [-0.1, -0.05) is 24.3 Å². The van der Waals surface area contributed by atoms with E-state index in [-0.39, 0.29) is 6.10 Å². The lowest BCUT2D eigenvalue weighted by Crippen LogP contribution is -2.23. The summed E-state index contributed by atoms with van der Waals surface area (Å²) in [6.45, 7) is 1.97. The molecule has 0 bridgehead atoms. The first-order valence-corrected chi connectivity index (χ1v) is 4.18. The monoisotopic (exact) mass is 164 g/mol. The minimum atomic E-state index is -0.732. The van der Waals surface area contributed by atoms with Crippen molar-refractivity contribution in [2.24, 2.45) is 0 Å². The Labute approximate surface area is 71.8 Å². The van der Waals surface area contributed by atoms with Crippen molar-refractivity contribution in [3.63, 3.8) is 0 Å². The fraction of sp³-hybridized carbons (Fsp3) is 0.400. The molecule has 2 unspecified atom stereocenters. The Morgan fingerprint density at radius 1 is 1.42 bits per heavy atom. The summed E-state index contributed by atoms with van der Waals surface area (Å²) in [4.78, 5) is 0. The van der Waals surface area contributed by atoms with Gasteiger partial charge in [-0.3, -0.25) is 0 Å². The van der Waals surface area contributed by atoms with Gasteiger partial charge in [0.15, 0.2) is 6.29 Å². The van der Waals surface area contributed by atoms with Gasteiger partial charge in [0.2, 0.25) is 0 Å². The number of aliphatic hydroxyl groups excluding tert-OH is 1. The van der Waals surface area contributed by atoms with Crippen molar-refractivity contribution in [1.82, 2.24) is 0 Å². The van der Waals surface area contributed by atoms with Gasteiger partial charge in [0.1, 0.15) is 0 Å². The molecule has 2 rings (SSSR count). The predicted molar refractivity (Wildman–Crippen MR) is 45.7 cm³/mol. The van der Waals surface area contributed by atoms with Crippen LogP contribution in [0.3, 0.4) is 0 Å². The molecule has 2 heteroatoms. The van der Waals surface area contributed by atoms with Crippen molar-refractivity contribution in [3.8, 4) is 0 Å². The number of aliphatic hydroxyl groups is 1. The van der Waals surface area contributed by atoms with Gasteiger partial charge in [0, 0.05) is 5.56 Å². The molecule has 0 amide bonds. The normalized spacial score (nSPS) is 28.2. The Morgan fingerprint density at radius 2 is 2.17 bits per heavy atom. The first-order valence-electron chi connectivity index (χ1n) is 4.18. The highest BCUT2D eigenvalue weighted by atomic mass is 16.6. The lowest BCUT2D eigenvalue weighted by molar-refractivity contribution is -0.143. The van der Waals surface area contributed by atoms with E-state index in [1.54, 1.807) is 0 Å². The molecule has 1 aliphatic rings. The average molecular weight is 164 g/mol. The van der Waals surface area contributed by atoms with E-state index < -0.39 is 6.29 Å². The number of hydrogen-bond acceptors (Lipinski definition) is 2. The zero-order chi connectivity index (χ0) is 8.55. The molecule has 0 saturated carbocycles. The second kappa shape index (κ2) is 2.88. The summed E-state index contributed by atoms with van der Waals surface area (Å²) >= 11 is 0. The molecule has 1 aromatic rings. The fourth-order valence-corrected chi connectivity index (χ4v) is 1.61. The maximum Gasteiger partial charge on any atom is 0.181 e. The Balaban J connectivity index is 2.40. The van der Waals surface area contributed by atoms with Crippen LogP contribution in [-0.2, 0) is 11.2 Å². The second-order valence-electron chi connectivity index (χ2n) is 3.20. The van der Waals surface area contributed by atoms with Gasteiger partial charge in [0.05, 0.1) is 6.10 Å². The maximum atomic E-state index is 9.51. The zero-order valence-corrected chi connectivity index (χ0v) is 7.03. The van der Waals surface area contributed by atoms with E-state index in [4.69, 9.17) is 4.74 Å². The summed E-state index contributed by atoms with van der Waals surface area (Å²) in [6.07, 6.45) is 0.285. The third kappa shape index (κ3) is 1.24. The zero-order valence-electron chi connectivity index (χ0n) is 7.03. The highest BCUT2D eigenvalue weighted by molar-refractivity contribution is 5.30. The van der Waals surface area contributed by atoms with Gasteiger partial charge < -0.3 is 9.84 Å². The summed E-state index contributed by atoms with van der Waals surface area (Å²) in [5.74, 6) is 0. The average Bonchev–Trinajstić information content (AvgIpc) is 2.04. The van der Waals surface area contributed by atoms with E-state index in [1.165, 1.54) is 5.56 Å². The Kier molecular flexibility index (Phi) is 1.87. The first kappa shape index (κ1) is 7.77. The van der Waals surface area contributed by atoms with E-state index in [9.17, 15) is 5.11 Å².